The monoisotopic (exact) mass is 402 g/mol. The largest absolute Gasteiger partial charge is 0.450 e. The standard InChI is InChI=1S/C20H22N2O3S2/c1-9-5-6-14-13(7-9)8-15(27-14)20(24)25-11(3)17-21-18(23)16-10(2)12(4)26-19(16)22-17/h8-9,11H,5-7H2,1-4H3,(H,21,22,23)/t9-,11-/m1/s1. The number of thiophene rings is 2. The number of aryl methyl sites for hydroxylation is 3. The molecular formula is C20H22N2O3S2. The number of H-pyrrole nitrogens is 1. The third-order valence-electron chi connectivity index (χ3n) is 5.26. The minimum atomic E-state index is -0.615. The van der Waals surface area contributed by atoms with Gasteiger partial charge >= 0.3 is 5.97 Å². The lowest BCUT2D eigenvalue weighted by Crippen LogP contribution is -2.17. The van der Waals surface area contributed by atoms with Gasteiger partial charge in [-0.1, -0.05) is 6.92 Å². The molecular weight excluding hydrogens is 380 g/mol. The Hall–Kier alpha value is -1.99. The molecule has 142 valence electrons. The smallest absolute Gasteiger partial charge is 0.349 e. The second kappa shape index (κ2) is 6.87. The summed E-state index contributed by atoms with van der Waals surface area (Å²) < 4.78 is 5.61. The Morgan fingerprint density at radius 3 is 2.93 bits per heavy atom. The second-order valence-electron chi connectivity index (χ2n) is 7.37. The molecule has 1 aliphatic rings. The lowest BCUT2D eigenvalue weighted by atomic mass is 9.90. The molecule has 3 aromatic rings. The van der Waals surface area contributed by atoms with Gasteiger partial charge in [0, 0.05) is 9.75 Å². The first kappa shape index (κ1) is 18.4. The minimum Gasteiger partial charge on any atom is -0.450 e. The van der Waals surface area contributed by atoms with Gasteiger partial charge < -0.3 is 9.72 Å². The fraction of sp³-hybridized carbons (Fsp3) is 0.450. The Labute approximate surface area is 165 Å². The number of nitrogens with one attached hydrogen (secondary N) is 1. The van der Waals surface area contributed by atoms with Gasteiger partial charge in [-0.2, -0.15) is 0 Å². The van der Waals surface area contributed by atoms with E-state index in [1.54, 1.807) is 6.92 Å². The number of hydrogen-bond acceptors (Lipinski definition) is 6. The maximum absolute atomic E-state index is 12.6. The summed E-state index contributed by atoms with van der Waals surface area (Å²) in [5.74, 6) is 0.696. The minimum absolute atomic E-state index is 0.180. The van der Waals surface area contributed by atoms with Gasteiger partial charge in [0.05, 0.1) is 5.39 Å². The number of aromatic amines is 1. The molecule has 3 heterocycles. The third-order valence-corrected chi connectivity index (χ3v) is 7.57. The molecule has 27 heavy (non-hydrogen) atoms. The SMILES string of the molecule is Cc1sc2nc([C@@H](C)OC(=O)c3cc4c(s3)CC[C@@H](C)C4)[nH]c(=O)c2c1C. The summed E-state index contributed by atoms with van der Waals surface area (Å²) in [5, 5.41) is 0.625. The third kappa shape index (κ3) is 3.34. The molecule has 0 saturated carbocycles. The molecule has 0 saturated heterocycles. The first-order valence-corrected chi connectivity index (χ1v) is 10.8. The Morgan fingerprint density at radius 1 is 1.37 bits per heavy atom. The molecule has 0 radical (unpaired) electrons. The molecule has 5 nitrogen and oxygen atoms in total. The summed E-state index contributed by atoms with van der Waals surface area (Å²) in [7, 11) is 0. The van der Waals surface area contributed by atoms with Gasteiger partial charge in [-0.3, -0.25) is 4.79 Å². The zero-order valence-electron chi connectivity index (χ0n) is 15.8. The molecule has 1 N–H and O–H groups in total. The van der Waals surface area contributed by atoms with Crippen LogP contribution in [0.3, 0.4) is 0 Å². The van der Waals surface area contributed by atoms with Gasteiger partial charge in [-0.05, 0) is 63.1 Å². The Bertz CT molecular complexity index is 1090. The van der Waals surface area contributed by atoms with Crippen molar-refractivity contribution in [3.63, 3.8) is 0 Å². The number of rotatable bonds is 3. The first-order chi connectivity index (χ1) is 12.8. The topological polar surface area (TPSA) is 72.0 Å². The molecule has 0 amide bonds. The molecule has 0 aliphatic heterocycles. The van der Waals surface area contributed by atoms with Crippen LogP contribution in [0.4, 0.5) is 0 Å². The Kier molecular flexibility index (Phi) is 4.68. The molecule has 0 unspecified atom stereocenters. The number of hydrogen-bond donors (Lipinski definition) is 1. The molecule has 7 heteroatoms. The summed E-state index contributed by atoms with van der Waals surface area (Å²) in [4.78, 5) is 36.0. The molecule has 3 aromatic heterocycles. The normalized spacial score (nSPS) is 17.7. The molecule has 1 aliphatic carbocycles. The van der Waals surface area contributed by atoms with Crippen molar-refractivity contribution in [2.24, 2.45) is 5.92 Å². The van der Waals surface area contributed by atoms with E-state index in [9.17, 15) is 9.59 Å². The maximum atomic E-state index is 12.6. The lowest BCUT2D eigenvalue weighted by Gasteiger charge is -2.16. The van der Waals surface area contributed by atoms with Crippen LogP contribution in [0.5, 0.6) is 0 Å². The fourth-order valence-corrected chi connectivity index (χ4v) is 5.67. The fourth-order valence-electron chi connectivity index (χ4n) is 3.54. The van der Waals surface area contributed by atoms with Crippen LogP contribution in [0.1, 0.15) is 62.7 Å². The van der Waals surface area contributed by atoms with Crippen molar-refractivity contribution < 1.29 is 9.53 Å². The van der Waals surface area contributed by atoms with Crippen molar-refractivity contribution in [2.45, 2.75) is 53.1 Å². The van der Waals surface area contributed by atoms with E-state index in [1.807, 2.05) is 19.9 Å². The quantitative estimate of drug-likeness (QED) is 0.644. The van der Waals surface area contributed by atoms with E-state index in [0.29, 0.717) is 26.8 Å². The number of esters is 1. The highest BCUT2D eigenvalue weighted by molar-refractivity contribution is 7.18. The van der Waals surface area contributed by atoms with Crippen molar-refractivity contribution >= 4 is 38.9 Å². The van der Waals surface area contributed by atoms with Crippen LogP contribution in [-0.4, -0.2) is 15.9 Å². The predicted molar refractivity (Wildman–Crippen MR) is 109 cm³/mol. The summed E-state index contributed by atoms with van der Waals surface area (Å²) in [6.07, 6.45) is 2.61. The highest BCUT2D eigenvalue weighted by atomic mass is 32.1. The number of carbonyl (C=O) groups is 1. The summed E-state index contributed by atoms with van der Waals surface area (Å²) in [5.41, 5.74) is 2.05. The van der Waals surface area contributed by atoms with E-state index < -0.39 is 6.10 Å². The average Bonchev–Trinajstić information content (AvgIpc) is 3.15. The molecule has 0 spiro atoms. The summed E-state index contributed by atoms with van der Waals surface area (Å²) in [6, 6.07) is 1.97. The van der Waals surface area contributed by atoms with E-state index in [2.05, 4.69) is 16.9 Å². The number of nitrogens with zero attached hydrogens (tertiary/aromatic N) is 1. The highest BCUT2D eigenvalue weighted by Gasteiger charge is 2.24. The van der Waals surface area contributed by atoms with Crippen molar-refractivity contribution in [3.05, 3.63) is 48.0 Å². The maximum Gasteiger partial charge on any atom is 0.349 e. The van der Waals surface area contributed by atoms with Crippen LogP contribution >= 0.6 is 22.7 Å². The number of aromatic nitrogens is 2. The van der Waals surface area contributed by atoms with Gasteiger partial charge in [-0.15, -0.1) is 22.7 Å². The van der Waals surface area contributed by atoms with Gasteiger partial charge in [-0.25, -0.2) is 9.78 Å². The van der Waals surface area contributed by atoms with Crippen LogP contribution in [-0.2, 0) is 17.6 Å². The van der Waals surface area contributed by atoms with Crippen molar-refractivity contribution in [3.8, 4) is 0 Å². The van der Waals surface area contributed by atoms with Gasteiger partial charge in [0.25, 0.3) is 5.56 Å². The first-order valence-electron chi connectivity index (χ1n) is 9.16. The zero-order chi connectivity index (χ0) is 19.3. The Balaban J connectivity index is 1.57. The van der Waals surface area contributed by atoms with Gasteiger partial charge in [0.15, 0.2) is 11.9 Å². The number of fused-ring (bicyclic) bond motifs is 2. The molecule has 0 bridgehead atoms. The number of ether oxygens (including phenoxy) is 1. The van der Waals surface area contributed by atoms with Gasteiger partial charge in [0.1, 0.15) is 9.71 Å². The molecule has 4 rings (SSSR count). The van der Waals surface area contributed by atoms with E-state index in [0.717, 1.165) is 23.3 Å². The summed E-state index contributed by atoms with van der Waals surface area (Å²) >= 11 is 3.02. The lowest BCUT2D eigenvalue weighted by molar-refractivity contribution is 0.0326. The molecule has 0 aromatic carbocycles. The van der Waals surface area contributed by atoms with Crippen molar-refractivity contribution in [2.75, 3.05) is 0 Å². The second-order valence-corrected chi connectivity index (χ2v) is 9.71. The van der Waals surface area contributed by atoms with Crippen LogP contribution in [0.15, 0.2) is 10.9 Å². The predicted octanol–water partition coefficient (Wildman–Crippen LogP) is 4.71. The van der Waals surface area contributed by atoms with E-state index in [1.165, 1.54) is 39.5 Å². The number of carbonyl (C=O) groups excluding carboxylic acids is 1. The molecule has 2 atom stereocenters. The van der Waals surface area contributed by atoms with E-state index >= 15 is 0 Å². The molecule has 0 fully saturated rings. The average molecular weight is 403 g/mol. The van der Waals surface area contributed by atoms with Crippen molar-refractivity contribution in [1.29, 1.82) is 0 Å². The van der Waals surface area contributed by atoms with Crippen molar-refractivity contribution in [1.82, 2.24) is 9.97 Å². The zero-order valence-corrected chi connectivity index (χ0v) is 17.5. The summed E-state index contributed by atoms with van der Waals surface area (Å²) in [6.45, 7) is 7.88. The highest BCUT2D eigenvalue weighted by Crippen LogP contribution is 2.33. The Morgan fingerprint density at radius 2 is 2.15 bits per heavy atom. The van der Waals surface area contributed by atoms with Crippen LogP contribution in [0, 0.1) is 19.8 Å². The van der Waals surface area contributed by atoms with E-state index in [4.69, 9.17) is 4.74 Å². The van der Waals surface area contributed by atoms with E-state index in [-0.39, 0.29) is 11.5 Å². The van der Waals surface area contributed by atoms with Crippen LogP contribution < -0.4 is 5.56 Å². The van der Waals surface area contributed by atoms with Gasteiger partial charge in [0.2, 0.25) is 0 Å². The van der Waals surface area contributed by atoms with Crippen LogP contribution in [0.2, 0.25) is 0 Å². The van der Waals surface area contributed by atoms with Crippen LogP contribution in [0.25, 0.3) is 10.2 Å².